The molecule has 37 heavy (non-hydrogen) atoms. The molecule has 1 saturated heterocycles. The minimum Gasteiger partial charge on any atom is -0.405 e. The van der Waals surface area contributed by atoms with E-state index in [9.17, 15) is 22.8 Å². The second-order valence-corrected chi connectivity index (χ2v) is 9.60. The molecule has 0 aliphatic carbocycles. The number of benzene rings is 3. The summed E-state index contributed by atoms with van der Waals surface area (Å²) in [4.78, 5) is 32.5. The monoisotopic (exact) mass is 525 g/mol. The van der Waals surface area contributed by atoms with E-state index in [-0.39, 0.29) is 17.4 Å². The maximum Gasteiger partial charge on any atom is 0.573 e. The molecule has 1 aliphatic rings. The summed E-state index contributed by atoms with van der Waals surface area (Å²) in [5, 5.41) is 2.90. The largest absolute Gasteiger partial charge is 0.573 e. The number of hydrogen-bond donors (Lipinski definition) is 1. The molecule has 1 aliphatic heterocycles. The molecule has 3 aromatic carbocycles. The lowest BCUT2D eigenvalue weighted by molar-refractivity contribution is -0.274. The van der Waals surface area contributed by atoms with Crippen LogP contribution < -0.4 is 10.1 Å². The average Bonchev–Trinajstić information content (AvgIpc) is 3.36. The van der Waals surface area contributed by atoms with Crippen LogP contribution in [0.4, 0.5) is 13.2 Å². The van der Waals surface area contributed by atoms with Crippen LogP contribution in [0.3, 0.4) is 0 Å². The number of fused-ring (bicyclic) bond motifs is 1. The van der Waals surface area contributed by atoms with Crippen molar-refractivity contribution in [3.63, 3.8) is 0 Å². The molecule has 0 radical (unpaired) electrons. The zero-order chi connectivity index (χ0) is 26.0. The van der Waals surface area contributed by atoms with Crippen molar-refractivity contribution in [2.45, 2.75) is 24.7 Å². The fourth-order valence-electron chi connectivity index (χ4n) is 4.63. The first-order valence-corrected chi connectivity index (χ1v) is 12.5. The Kier molecular flexibility index (Phi) is 6.84. The van der Waals surface area contributed by atoms with E-state index in [4.69, 9.17) is 0 Å². The first-order valence-electron chi connectivity index (χ1n) is 11.6. The fourth-order valence-corrected chi connectivity index (χ4v) is 5.29. The van der Waals surface area contributed by atoms with Gasteiger partial charge in [-0.15, -0.1) is 24.5 Å². The Morgan fingerprint density at radius 2 is 1.78 bits per heavy atom. The number of piperidine rings is 1. The summed E-state index contributed by atoms with van der Waals surface area (Å²) >= 11 is 1.50. The third-order valence-electron chi connectivity index (χ3n) is 6.38. The third kappa shape index (κ3) is 5.59. The number of carbonyl (C=O) groups excluding carboxylic acids is 2. The number of thiazole rings is 1. The van der Waals surface area contributed by atoms with Gasteiger partial charge < -0.3 is 15.0 Å². The van der Waals surface area contributed by atoms with E-state index in [1.807, 2.05) is 36.4 Å². The Morgan fingerprint density at radius 1 is 1.03 bits per heavy atom. The minimum absolute atomic E-state index is 0.135. The number of nitrogens with zero attached hydrogens (tertiary/aromatic N) is 2. The molecule has 2 amide bonds. The third-order valence-corrected chi connectivity index (χ3v) is 7.19. The Bertz CT molecular complexity index is 1420. The van der Waals surface area contributed by atoms with Gasteiger partial charge in [0, 0.05) is 30.6 Å². The van der Waals surface area contributed by atoms with E-state index >= 15 is 0 Å². The molecule has 1 fully saturated rings. The molecule has 1 N–H and O–H groups in total. The molecule has 10 heteroatoms. The Hall–Kier alpha value is -3.92. The van der Waals surface area contributed by atoms with Gasteiger partial charge in [-0.3, -0.25) is 9.59 Å². The number of ether oxygens (including phenoxy) is 1. The molecular formula is C27H22F3N3O3S. The first kappa shape index (κ1) is 24.8. The first-order chi connectivity index (χ1) is 17.8. The number of para-hydroxylation sites is 1. The fraction of sp³-hybridized carbons (Fsp3) is 0.222. The van der Waals surface area contributed by atoms with Gasteiger partial charge in [0.05, 0.1) is 21.3 Å². The lowest BCUT2D eigenvalue weighted by Crippen LogP contribution is -2.51. The van der Waals surface area contributed by atoms with Crippen LogP contribution in [0.5, 0.6) is 5.75 Å². The molecular weight excluding hydrogens is 503 g/mol. The summed E-state index contributed by atoms with van der Waals surface area (Å²) in [7, 11) is 0. The van der Waals surface area contributed by atoms with Crippen molar-refractivity contribution in [1.82, 2.24) is 15.2 Å². The summed E-state index contributed by atoms with van der Waals surface area (Å²) < 4.78 is 43.6. The van der Waals surface area contributed by atoms with Gasteiger partial charge in [0.15, 0.2) is 0 Å². The van der Waals surface area contributed by atoms with Crippen LogP contribution in [0.2, 0.25) is 0 Å². The van der Waals surface area contributed by atoms with Gasteiger partial charge in [-0.1, -0.05) is 42.5 Å². The smallest absolute Gasteiger partial charge is 0.405 e. The predicted molar refractivity (Wildman–Crippen MR) is 134 cm³/mol. The van der Waals surface area contributed by atoms with E-state index in [0.29, 0.717) is 25.1 Å². The molecule has 6 nitrogen and oxygen atoms in total. The molecule has 190 valence electrons. The number of likely N-dealkylation sites (tertiary alicyclic amines) is 1. The maximum atomic E-state index is 13.4. The minimum atomic E-state index is -4.92. The van der Waals surface area contributed by atoms with Gasteiger partial charge in [-0.25, -0.2) is 4.98 Å². The van der Waals surface area contributed by atoms with Gasteiger partial charge in [0.2, 0.25) is 0 Å². The molecule has 0 bridgehead atoms. The van der Waals surface area contributed by atoms with Gasteiger partial charge in [-0.2, -0.15) is 0 Å². The second kappa shape index (κ2) is 10.2. The molecule has 0 unspecified atom stereocenters. The van der Waals surface area contributed by atoms with Crippen LogP contribution in [0.15, 0.2) is 78.3 Å². The van der Waals surface area contributed by atoms with E-state index in [2.05, 4.69) is 15.0 Å². The molecule has 2 atom stereocenters. The van der Waals surface area contributed by atoms with Crippen LogP contribution in [0.25, 0.3) is 10.2 Å². The predicted octanol–water partition coefficient (Wildman–Crippen LogP) is 5.62. The molecule has 5 rings (SSSR count). The van der Waals surface area contributed by atoms with Crippen molar-refractivity contribution < 1.29 is 27.5 Å². The van der Waals surface area contributed by atoms with Gasteiger partial charge in [-0.05, 0) is 42.3 Å². The summed E-state index contributed by atoms with van der Waals surface area (Å²) in [6, 6.07) is 19.7. The number of carbonyl (C=O) groups is 2. The second-order valence-electron chi connectivity index (χ2n) is 8.72. The van der Waals surface area contributed by atoms with Crippen LogP contribution in [-0.2, 0) is 0 Å². The van der Waals surface area contributed by atoms with Crippen LogP contribution in [-0.4, -0.2) is 47.2 Å². The standard InChI is InChI=1S/C27H22F3N3O3S/c28-27(29,30)36-23-9-5-4-8-19(23)25(34)32-21-12-13-33(15-20(21)17-6-2-1-3-7-17)26(35)18-10-11-24-22(14-18)31-16-37-24/h1-11,14,16,20-21H,12-13,15H2,(H,32,34)/t20-,21-/m1/s1. The quantitative estimate of drug-likeness (QED) is 0.367. The van der Waals surface area contributed by atoms with E-state index in [1.165, 1.54) is 29.5 Å². The average molecular weight is 526 g/mol. The van der Waals surface area contributed by atoms with Crippen LogP contribution in [0, 0.1) is 0 Å². The Balaban J connectivity index is 1.37. The number of alkyl halides is 3. The molecule has 2 heterocycles. The summed E-state index contributed by atoms with van der Waals surface area (Å²) in [6.45, 7) is 0.715. The Labute approximate surface area is 214 Å². The zero-order valence-corrected chi connectivity index (χ0v) is 20.3. The van der Waals surface area contributed by atoms with Crippen molar-refractivity contribution in [1.29, 1.82) is 0 Å². The van der Waals surface area contributed by atoms with Crippen molar-refractivity contribution in [2.24, 2.45) is 0 Å². The summed E-state index contributed by atoms with van der Waals surface area (Å²) in [5.41, 5.74) is 3.74. The normalized spacial score (nSPS) is 18.0. The highest BCUT2D eigenvalue weighted by Crippen LogP contribution is 2.31. The highest BCUT2D eigenvalue weighted by molar-refractivity contribution is 7.16. The maximum absolute atomic E-state index is 13.4. The summed E-state index contributed by atoms with van der Waals surface area (Å²) in [6.07, 6.45) is -4.49. The number of rotatable bonds is 5. The van der Waals surface area contributed by atoms with Crippen molar-refractivity contribution in [2.75, 3.05) is 13.1 Å². The summed E-state index contributed by atoms with van der Waals surface area (Å²) in [5.74, 6) is -1.63. The SMILES string of the molecule is O=C(N[C@@H]1CCN(C(=O)c2ccc3scnc3c2)C[C@@H]1c1ccccc1)c1ccccc1OC(F)(F)F. The van der Waals surface area contributed by atoms with E-state index in [0.717, 1.165) is 21.8 Å². The molecule has 4 aromatic rings. The van der Waals surface area contributed by atoms with Gasteiger partial charge in [0.25, 0.3) is 11.8 Å². The topological polar surface area (TPSA) is 71.5 Å². The molecule has 0 saturated carbocycles. The number of nitrogens with one attached hydrogen (secondary N) is 1. The molecule has 0 spiro atoms. The van der Waals surface area contributed by atoms with Crippen molar-refractivity contribution in [3.8, 4) is 5.75 Å². The van der Waals surface area contributed by atoms with Crippen LogP contribution >= 0.6 is 11.3 Å². The number of hydrogen-bond acceptors (Lipinski definition) is 5. The molecule has 1 aromatic heterocycles. The number of aromatic nitrogens is 1. The lowest BCUT2D eigenvalue weighted by atomic mass is 9.85. The Morgan fingerprint density at radius 3 is 2.57 bits per heavy atom. The van der Waals surface area contributed by atoms with E-state index in [1.54, 1.807) is 22.5 Å². The van der Waals surface area contributed by atoms with Crippen molar-refractivity contribution in [3.05, 3.63) is 95.0 Å². The lowest BCUT2D eigenvalue weighted by Gasteiger charge is -2.39. The van der Waals surface area contributed by atoms with Gasteiger partial charge >= 0.3 is 6.36 Å². The van der Waals surface area contributed by atoms with Crippen LogP contribution in [0.1, 0.15) is 38.6 Å². The van der Waals surface area contributed by atoms with E-state index < -0.39 is 24.1 Å². The zero-order valence-electron chi connectivity index (χ0n) is 19.4. The highest BCUT2D eigenvalue weighted by Gasteiger charge is 2.36. The van der Waals surface area contributed by atoms with Gasteiger partial charge in [0.1, 0.15) is 5.75 Å². The van der Waals surface area contributed by atoms with Crippen molar-refractivity contribution >= 4 is 33.4 Å². The number of amides is 2. The highest BCUT2D eigenvalue weighted by atomic mass is 32.1. The number of halogens is 3.